The first-order chi connectivity index (χ1) is 15.1. The van der Waals surface area contributed by atoms with Gasteiger partial charge in [-0.05, 0) is 44.0 Å². The van der Waals surface area contributed by atoms with Crippen molar-refractivity contribution in [1.29, 1.82) is 0 Å². The summed E-state index contributed by atoms with van der Waals surface area (Å²) in [6.45, 7) is 6.23. The van der Waals surface area contributed by atoms with Gasteiger partial charge in [-0.15, -0.1) is 0 Å². The third-order valence-corrected chi connectivity index (χ3v) is 6.70. The molecule has 0 spiro atoms. The SMILES string of the molecule is Cc1nc([C@@]23CN(CCCc4ccccc4)C[C@@H]2CN(C(=O)c2cccnc2)C3)n[nH]1. The molecule has 1 amide bonds. The number of nitrogens with one attached hydrogen (secondary N) is 1. The molecule has 1 aromatic carbocycles. The number of hydrogen-bond donors (Lipinski definition) is 1. The standard InChI is InChI=1S/C24H28N6O/c1-18-26-23(28-27-18)24-16-29(12-6-9-19-7-3-2-4-8-19)14-21(24)15-30(17-24)22(31)20-10-5-11-25-13-20/h2-5,7-8,10-11,13,21H,6,9,12,14-17H2,1H3,(H,26,27,28)/t21-,24-/m1/s1. The van der Waals surface area contributed by atoms with Gasteiger partial charge in [0.25, 0.3) is 5.91 Å². The van der Waals surface area contributed by atoms with Crippen LogP contribution in [0.2, 0.25) is 0 Å². The van der Waals surface area contributed by atoms with Crippen LogP contribution < -0.4 is 0 Å². The highest BCUT2D eigenvalue weighted by Crippen LogP contribution is 2.44. The number of nitrogens with zero attached hydrogens (tertiary/aromatic N) is 5. The zero-order valence-electron chi connectivity index (χ0n) is 17.9. The number of amides is 1. The number of carbonyl (C=O) groups excluding carboxylic acids is 1. The van der Waals surface area contributed by atoms with Crippen LogP contribution in [0.4, 0.5) is 0 Å². The number of pyridine rings is 1. The predicted molar refractivity (Wildman–Crippen MR) is 118 cm³/mol. The minimum Gasteiger partial charge on any atom is -0.337 e. The fraction of sp³-hybridized carbons (Fsp3) is 0.417. The molecule has 3 aromatic rings. The van der Waals surface area contributed by atoms with Gasteiger partial charge >= 0.3 is 0 Å². The van der Waals surface area contributed by atoms with E-state index in [4.69, 9.17) is 4.98 Å². The van der Waals surface area contributed by atoms with Crippen LogP contribution in [0.5, 0.6) is 0 Å². The summed E-state index contributed by atoms with van der Waals surface area (Å²) in [6, 6.07) is 14.3. The smallest absolute Gasteiger partial charge is 0.255 e. The second-order valence-electron chi connectivity index (χ2n) is 8.85. The van der Waals surface area contributed by atoms with Crippen molar-refractivity contribution in [2.45, 2.75) is 25.2 Å². The van der Waals surface area contributed by atoms with E-state index >= 15 is 0 Å². The maximum atomic E-state index is 13.1. The van der Waals surface area contributed by atoms with Gasteiger partial charge in [0, 0.05) is 44.5 Å². The number of likely N-dealkylation sites (tertiary alicyclic amines) is 2. The Labute approximate surface area is 182 Å². The number of carbonyl (C=O) groups is 1. The van der Waals surface area contributed by atoms with Crippen LogP contribution in [-0.4, -0.2) is 68.6 Å². The van der Waals surface area contributed by atoms with E-state index in [2.05, 4.69) is 50.4 Å². The Hall–Kier alpha value is -3.06. The number of H-pyrrole nitrogens is 1. The number of benzene rings is 1. The van der Waals surface area contributed by atoms with Crippen LogP contribution in [0, 0.1) is 12.8 Å². The minimum atomic E-state index is -0.213. The summed E-state index contributed by atoms with van der Waals surface area (Å²) in [5.74, 6) is 2.05. The maximum absolute atomic E-state index is 13.1. The van der Waals surface area contributed by atoms with Gasteiger partial charge in [-0.25, -0.2) is 4.98 Å². The van der Waals surface area contributed by atoms with Gasteiger partial charge in [0.1, 0.15) is 5.82 Å². The number of aryl methyl sites for hydroxylation is 2. The van der Waals surface area contributed by atoms with Crippen molar-refractivity contribution in [2.75, 3.05) is 32.7 Å². The van der Waals surface area contributed by atoms with E-state index in [1.165, 1.54) is 5.56 Å². The minimum absolute atomic E-state index is 0.0461. The lowest BCUT2D eigenvalue weighted by Gasteiger charge is -2.27. The van der Waals surface area contributed by atoms with Crippen molar-refractivity contribution in [3.63, 3.8) is 0 Å². The zero-order valence-corrected chi connectivity index (χ0v) is 17.9. The van der Waals surface area contributed by atoms with Crippen molar-refractivity contribution >= 4 is 5.91 Å². The van der Waals surface area contributed by atoms with E-state index in [1.54, 1.807) is 12.4 Å². The van der Waals surface area contributed by atoms with Crippen molar-refractivity contribution in [2.24, 2.45) is 5.92 Å². The molecular formula is C24H28N6O. The Balaban J connectivity index is 1.31. The average Bonchev–Trinajstić information content (AvgIpc) is 3.47. The molecule has 2 aliphatic heterocycles. The summed E-state index contributed by atoms with van der Waals surface area (Å²) >= 11 is 0. The molecule has 2 aromatic heterocycles. The molecule has 5 rings (SSSR count). The topological polar surface area (TPSA) is 78.0 Å². The molecule has 0 radical (unpaired) electrons. The van der Waals surface area contributed by atoms with Crippen LogP contribution in [0.15, 0.2) is 54.9 Å². The van der Waals surface area contributed by atoms with E-state index in [0.717, 1.165) is 50.7 Å². The van der Waals surface area contributed by atoms with Crippen molar-refractivity contribution in [3.8, 4) is 0 Å². The molecule has 1 N–H and O–H groups in total. The quantitative estimate of drug-likeness (QED) is 0.668. The molecular weight excluding hydrogens is 388 g/mol. The molecule has 2 saturated heterocycles. The maximum Gasteiger partial charge on any atom is 0.255 e. The molecule has 0 unspecified atom stereocenters. The van der Waals surface area contributed by atoms with Gasteiger partial charge in [-0.2, -0.15) is 5.10 Å². The lowest BCUT2D eigenvalue weighted by atomic mass is 9.80. The highest BCUT2D eigenvalue weighted by molar-refractivity contribution is 5.94. The largest absolute Gasteiger partial charge is 0.337 e. The highest BCUT2D eigenvalue weighted by Gasteiger charge is 2.56. The zero-order chi connectivity index (χ0) is 21.3. The number of rotatable bonds is 6. The monoisotopic (exact) mass is 416 g/mol. The lowest BCUT2D eigenvalue weighted by molar-refractivity contribution is 0.0769. The molecule has 4 heterocycles. The van der Waals surface area contributed by atoms with Crippen LogP contribution in [0.1, 0.15) is 34.0 Å². The Morgan fingerprint density at radius 3 is 2.77 bits per heavy atom. The molecule has 160 valence electrons. The first-order valence-corrected chi connectivity index (χ1v) is 11.0. The van der Waals surface area contributed by atoms with Gasteiger partial charge in [0.2, 0.25) is 0 Å². The number of hydrogen-bond acceptors (Lipinski definition) is 5. The second kappa shape index (κ2) is 8.23. The van der Waals surface area contributed by atoms with Crippen molar-refractivity contribution in [3.05, 3.63) is 77.6 Å². The highest BCUT2D eigenvalue weighted by atomic mass is 16.2. The van der Waals surface area contributed by atoms with E-state index < -0.39 is 0 Å². The molecule has 0 bridgehead atoms. The van der Waals surface area contributed by atoms with Crippen LogP contribution in [0.3, 0.4) is 0 Å². The van der Waals surface area contributed by atoms with Crippen LogP contribution >= 0.6 is 0 Å². The Kier molecular flexibility index (Phi) is 5.28. The number of fused-ring (bicyclic) bond motifs is 1. The van der Waals surface area contributed by atoms with Crippen LogP contribution in [-0.2, 0) is 11.8 Å². The number of aromatic amines is 1. The molecule has 0 aliphatic carbocycles. The molecule has 31 heavy (non-hydrogen) atoms. The summed E-state index contributed by atoms with van der Waals surface area (Å²) in [4.78, 5) is 26.4. The molecule has 2 aliphatic rings. The summed E-state index contributed by atoms with van der Waals surface area (Å²) in [5, 5.41) is 7.56. The summed E-state index contributed by atoms with van der Waals surface area (Å²) in [6.07, 6.45) is 5.55. The van der Waals surface area contributed by atoms with Gasteiger partial charge in [0.15, 0.2) is 5.82 Å². The van der Waals surface area contributed by atoms with Gasteiger partial charge in [-0.3, -0.25) is 14.9 Å². The number of aromatic nitrogens is 4. The molecule has 7 nitrogen and oxygen atoms in total. The summed E-state index contributed by atoms with van der Waals surface area (Å²) < 4.78 is 0. The lowest BCUT2D eigenvalue weighted by Crippen LogP contribution is -2.40. The Bertz CT molecular complexity index is 1040. The summed E-state index contributed by atoms with van der Waals surface area (Å²) in [5.41, 5.74) is 1.81. The van der Waals surface area contributed by atoms with Gasteiger partial charge in [0.05, 0.1) is 11.0 Å². The first kappa shape index (κ1) is 19.9. The molecule has 2 atom stereocenters. The molecule has 0 saturated carbocycles. The second-order valence-corrected chi connectivity index (χ2v) is 8.85. The Morgan fingerprint density at radius 1 is 1.16 bits per heavy atom. The van der Waals surface area contributed by atoms with Crippen molar-refractivity contribution < 1.29 is 4.79 Å². The Morgan fingerprint density at radius 2 is 2.03 bits per heavy atom. The van der Waals surface area contributed by atoms with E-state index in [9.17, 15) is 4.79 Å². The fourth-order valence-electron chi connectivity index (χ4n) is 5.20. The normalized spacial score (nSPS) is 23.3. The third kappa shape index (κ3) is 3.85. The van der Waals surface area contributed by atoms with E-state index in [1.807, 2.05) is 24.0 Å². The van der Waals surface area contributed by atoms with E-state index in [0.29, 0.717) is 18.0 Å². The molecule has 7 heteroatoms. The molecule has 2 fully saturated rings. The third-order valence-electron chi connectivity index (χ3n) is 6.70. The summed E-state index contributed by atoms with van der Waals surface area (Å²) in [7, 11) is 0. The predicted octanol–water partition coefficient (Wildman–Crippen LogP) is 2.47. The van der Waals surface area contributed by atoms with Gasteiger partial charge in [-0.1, -0.05) is 30.3 Å². The average molecular weight is 417 g/mol. The van der Waals surface area contributed by atoms with E-state index in [-0.39, 0.29) is 11.3 Å². The first-order valence-electron chi connectivity index (χ1n) is 11.0. The fourth-order valence-corrected chi connectivity index (χ4v) is 5.20. The van der Waals surface area contributed by atoms with Crippen molar-refractivity contribution in [1.82, 2.24) is 30.0 Å². The van der Waals surface area contributed by atoms with Gasteiger partial charge < -0.3 is 9.80 Å². The van der Waals surface area contributed by atoms with Crippen LogP contribution in [0.25, 0.3) is 0 Å².